The van der Waals surface area contributed by atoms with Crippen molar-refractivity contribution >= 4 is 60.4 Å². The number of halogens is 2. The molecular formula is C9H10BrClN2O2S2. The predicted molar refractivity (Wildman–Crippen MR) is 77.9 cm³/mol. The lowest BCUT2D eigenvalue weighted by Crippen LogP contribution is -2.35. The summed E-state index contributed by atoms with van der Waals surface area (Å²) >= 11 is 13.7. The Hall–Kier alpha value is -0.370. The molecule has 0 bridgehead atoms. The third-order valence-corrected chi connectivity index (χ3v) is 5.47. The Morgan fingerprint density at radius 2 is 2.18 bits per heavy atom. The van der Waals surface area contributed by atoms with Gasteiger partial charge in [0.15, 0.2) is 0 Å². The molecule has 8 heteroatoms. The minimum absolute atomic E-state index is 0.0782. The zero-order chi connectivity index (χ0) is 13.2. The fourth-order valence-electron chi connectivity index (χ4n) is 0.965. The van der Waals surface area contributed by atoms with Gasteiger partial charge in [-0.3, -0.25) is 4.72 Å². The first-order valence-electron chi connectivity index (χ1n) is 4.50. The molecular weight excluding hydrogens is 348 g/mol. The van der Waals surface area contributed by atoms with Gasteiger partial charge in [0.1, 0.15) is 5.25 Å². The van der Waals surface area contributed by atoms with Crippen molar-refractivity contribution in [2.75, 3.05) is 4.72 Å². The predicted octanol–water partition coefficient (Wildman–Crippen LogP) is 2.52. The molecule has 0 spiro atoms. The van der Waals surface area contributed by atoms with Crippen LogP contribution in [0.2, 0.25) is 5.02 Å². The van der Waals surface area contributed by atoms with E-state index in [1.165, 1.54) is 6.92 Å². The highest BCUT2D eigenvalue weighted by molar-refractivity contribution is 9.10. The smallest absolute Gasteiger partial charge is 0.241 e. The number of nitrogens with one attached hydrogen (secondary N) is 1. The third-order valence-electron chi connectivity index (χ3n) is 2.05. The van der Waals surface area contributed by atoms with Gasteiger partial charge < -0.3 is 5.73 Å². The van der Waals surface area contributed by atoms with Gasteiger partial charge in [0.05, 0.1) is 10.0 Å². The second-order valence-corrected chi connectivity index (χ2v) is 7.05. The molecule has 17 heavy (non-hydrogen) atoms. The molecule has 1 unspecified atom stereocenters. The maximum absolute atomic E-state index is 11.8. The Balaban J connectivity index is 2.98. The van der Waals surface area contributed by atoms with Gasteiger partial charge in [-0.25, -0.2) is 8.42 Å². The monoisotopic (exact) mass is 356 g/mol. The first kappa shape index (κ1) is 14.7. The lowest BCUT2D eigenvalue weighted by atomic mass is 10.3. The maximum Gasteiger partial charge on any atom is 0.241 e. The van der Waals surface area contributed by atoms with Crippen LogP contribution in [0.5, 0.6) is 0 Å². The summed E-state index contributed by atoms with van der Waals surface area (Å²) in [6.45, 7) is 1.43. The van der Waals surface area contributed by atoms with Crippen molar-refractivity contribution in [2.24, 2.45) is 5.73 Å². The standard InChI is InChI=1S/C9H10BrClN2O2S2/c1-5(9(12)16)17(14,15)13-6-2-3-8(11)7(10)4-6/h2-5,13H,1H3,(H2,12,16). The average Bonchev–Trinajstić information content (AvgIpc) is 2.22. The van der Waals surface area contributed by atoms with Gasteiger partial charge in [0, 0.05) is 10.2 Å². The number of nitrogens with two attached hydrogens (primary N) is 1. The van der Waals surface area contributed by atoms with Crippen molar-refractivity contribution in [3.63, 3.8) is 0 Å². The molecule has 0 fully saturated rings. The van der Waals surface area contributed by atoms with Crippen LogP contribution in [0, 0.1) is 0 Å². The number of rotatable bonds is 4. The number of hydrogen-bond donors (Lipinski definition) is 2. The maximum atomic E-state index is 11.8. The summed E-state index contributed by atoms with van der Waals surface area (Å²) in [5.41, 5.74) is 5.70. The Labute approximate surface area is 119 Å². The minimum atomic E-state index is -3.62. The van der Waals surface area contributed by atoms with Gasteiger partial charge >= 0.3 is 0 Å². The van der Waals surface area contributed by atoms with E-state index in [1.807, 2.05) is 0 Å². The van der Waals surface area contributed by atoms with Crippen LogP contribution in [0.25, 0.3) is 0 Å². The number of hydrogen-bond acceptors (Lipinski definition) is 3. The summed E-state index contributed by atoms with van der Waals surface area (Å²) in [6.07, 6.45) is 0. The summed E-state index contributed by atoms with van der Waals surface area (Å²) in [6, 6.07) is 4.69. The molecule has 0 saturated carbocycles. The molecule has 4 nitrogen and oxygen atoms in total. The fourth-order valence-corrected chi connectivity index (χ4v) is 2.78. The second kappa shape index (κ2) is 5.51. The summed E-state index contributed by atoms with van der Waals surface area (Å²) in [4.78, 5) is -0.0782. The molecule has 0 aliphatic rings. The molecule has 0 aliphatic carbocycles. The van der Waals surface area contributed by atoms with Crippen LogP contribution < -0.4 is 10.5 Å². The van der Waals surface area contributed by atoms with E-state index in [2.05, 4.69) is 32.9 Å². The first-order chi connectivity index (χ1) is 7.74. The van der Waals surface area contributed by atoms with Gasteiger partial charge in [0.25, 0.3) is 0 Å². The van der Waals surface area contributed by atoms with Crippen molar-refractivity contribution in [1.29, 1.82) is 0 Å². The van der Waals surface area contributed by atoms with Crippen molar-refractivity contribution < 1.29 is 8.42 Å². The van der Waals surface area contributed by atoms with Crippen molar-refractivity contribution in [1.82, 2.24) is 0 Å². The normalized spacial score (nSPS) is 13.1. The Kier molecular flexibility index (Phi) is 4.77. The van der Waals surface area contributed by atoms with Crippen molar-refractivity contribution in [3.8, 4) is 0 Å². The highest BCUT2D eigenvalue weighted by Gasteiger charge is 2.23. The van der Waals surface area contributed by atoms with Gasteiger partial charge in [-0.15, -0.1) is 0 Å². The Morgan fingerprint density at radius 1 is 1.59 bits per heavy atom. The quantitative estimate of drug-likeness (QED) is 0.812. The van der Waals surface area contributed by atoms with Crippen LogP contribution in [0.4, 0.5) is 5.69 Å². The van der Waals surface area contributed by atoms with E-state index in [0.717, 1.165) is 0 Å². The van der Waals surface area contributed by atoms with Crippen LogP contribution in [-0.4, -0.2) is 18.7 Å². The third kappa shape index (κ3) is 3.80. The molecule has 1 rings (SSSR count). The number of benzene rings is 1. The summed E-state index contributed by atoms with van der Waals surface area (Å²) in [7, 11) is -3.62. The summed E-state index contributed by atoms with van der Waals surface area (Å²) in [5.74, 6) is 0. The highest BCUT2D eigenvalue weighted by atomic mass is 79.9. The zero-order valence-electron chi connectivity index (χ0n) is 8.78. The number of thiocarbonyl (C=S) groups is 1. The molecule has 3 N–H and O–H groups in total. The lowest BCUT2D eigenvalue weighted by Gasteiger charge is -2.13. The van der Waals surface area contributed by atoms with E-state index in [0.29, 0.717) is 15.2 Å². The summed E-state index contributed by atoms with van der Waals surface area (Å²) in [5, 5.41) is -0.442. The van der Waals surface area contributed by atoms with Crippen LogP contribution in [-0.2, 0) is 10.0 Å². The van der Waals surface area contributed by atoms with Crippen LogP contribution in [0.1, 0.15) is 6.92 Å². The number of sulfonamides is 1. The highest BCUT2D eigenvalue weighted by Crippen LogP contribution is 2.26. The molecule has 0 radical (unpaired) electrons. The zero-order valence-corrected chi connectivity index (χ0v) is 12.8. The van der Waals surface area contributed by atoms with Crippen LogP contribution in [0.15, 0.2) is 22.7 Å². The molecule has 1 aromatic carbocycles. The largest absolute Gasteiger partial charge is 0.392 e. The van der Waals surface area contributed by atoms with Crippen LogP contribution in [0.3, 0.4) is 0 Å². The van der Waals surface area contributed by atoms with E-state index in [-0.39, 0.29) is 4.99 Å². The topological polar surface area (TPSA) is 72.2 Å². The van der Waals surface area contributed by atoms with Crippen LogP contribution >= 0.6 is 39.7 Å². The SMILES string of the molecule is CC(C(N)=S)S(=O)(=O)Nc1ccc(Cl)c(Br)c1. The van der Waals surface area contributed by atoms with Gasteiger partial charge in [0.2, 0.25) is 10.0 Å². The van der Waals surface area contributed by atoms with Gasteiger partial charge in [-0.2, -0.15) is 0 Å². The fraction of sp³-hybridized carbons (Fsp3) is 0.222. The second-order valence-electron chi connectivity index (χ2n) is 3.32. The molecule has 0 saturated heterocycles. The molecule has 0 aliphatic heterocycles. The molecule has 0 aromatic heterocycles. The van der Waals surface area contributed by atoms with Gasteiger partial charge in [-0.1, -0.05) is 23.8 Å². The van der Waals surface area contributed by atoms with E-state index in [1.54, 1.807) is 18.2 Å². The van der Waals surface area contributed by atoms with E-state index in [9.17, 15) is 8.42 Å². The van der Waals surface area contributed by atoms with Crippen molar-refractivity contribution in [2.45, 2.75) is 12.2 Å². The average molecular weight is 358 g/mol. The van der Waals surface area contributed by atoms with Gasteiger partial charge in [-0.05, 0) is 41.1 Å². The van der Waals surface area contributed by atoms with E-state index < -0.39 is 15.3 Å². The molecule has 1 aromatic rings. The molecule has 0 heterocycles. The summed E-state index contributed by atoms with van der Waals surface area (Å²) < 4.78 is 26.6. The van der Waals surface area contributed by atoms with E-state index in [4.69, 9.17) is 17.3 Å². The molecule has 0 amide bonds. The lowest BCUT2D eigenvalue weighted by molar-refractivity contribution is 0.598. The Morgan fingerprint density at radius 3 is 2.65 bits per heavy atom. The van der Waals surface area contributed by atoms with Crippen molar-refractivity contribution in [3.05, 3.63) is 27.7 Å². The minimum Gasteiger partial charge on any atom is -0.392 e. The van der Waals surface area contributed by atoms with E-state index >= 15 is 0 Å². The first-order valence-corrected chi connectivity index (χ1v) is 7.62. The Bertz CT molecular complexity index is 548. The molecule has 94 valence electrons. The number of anilines is 1. The molecule has 1 atom stereocenters.